The van der Waals surface area contributed by atoms with Crippen LogP contribution in [0, 0.1) is 11.7 Å². The molecular formula is C20H27ClFN3O2. The van der Waals surface area contributed by atoms with Gasteiger partial charge in [0.25, 0.3) is 0 Å². The molecule has 148 valence electrons. The largest absolute Gasteiger partial charge is 0.353 e. The van der Waals surface area contributed by atoms with Crippen LogP contribution in [0.2, 0.25) is 5.02 Å². The van der Waals surface area contributed by atoms with E-state index in [0.717, 1.165) is 25.1 Å². The Balaban J connectivity index is 1.68. The fourth-order valence-electron chi connectivity index (χ4n) is 3.54. The van der Waals surface area contributed by atoms with Crippen molar-refractivity contribution in [1.29, 1.82) is 0 Å². The number of amides is 2. The third-order valence-corrected chi connectivity index (χ3v) is 5.51. The maximum Gasteiger partial charge on any atom is 0.237 e. The van der Waals surface area contributed by atoms with Crippen LogP contribution in [-0.2, 0) is 16.1 Å². The Hall–Kier alpha value is -1.66. The van der Waals surface area contributed by atoms with Gasteiger partial charge in [-0.25, -0.2) is 4.39 Å². The minimum atomic E-state index is -0.524. The molecule has 1 unspecified atom stereocenters. The SMILES string of the molecule is CCCN(CC1CC1)C(=O)CC1C(=O)NCCN1Cc1ccc(Cl)c(F)c1. The van der Waals surface area contributed by atoms with E-state index in [-0.39, 0.29) is 23.3 Å². The van der Waals surface area contributed by atoms with Gasteiger partial charge in [0.2, 0.25) is 11.8 Å². The first-order valence-electron chi connectivity index (χ1n) is 9.71. The number of benzene rings is 1. The van der Waals surface area contributed by atoms with Crippen LogP contribution in [0.25, 0.3) is 0 Å². The van der Waals surface area contributed by atoms with Gasteiger partial charge in [-0.05, 0) is 42.9 Å². The molecule has 0 bridgehead atoms. The Morgan fingerprint density at radius 2 is 2.19 bits per heavy atom. The Kier molecular flexibility index (Phi) is 6.71. The van der Waals surface area contributed by atoms with E-state index in [1.165, 1.54) is 25.0 Å². The molecule has 0 spiro atoms. The van der Waals surface area contributed by atoms with Crippen LogP contribution >= 0.6 is 11.6 Å². The van der Waals surface area contributed by atoms with E-state index in [4.69, 9.17) is 11.6 Å². The molecule has 1 aromatic carbocycles. The summed E-state index contributed by atoms with van der Waals surface area (Å²) in [5.74, 6) is 0.0422. The number of hydrogen-bond donors (Lipinski definition) is 1. The third-order valence-electron chi connectivity index (χ3n) is 5.20. The van der Waals surface area contributed by atoms with Crippen molar-refractivity contribution in [1.82, 2.24) is 15.1 Å². The van der Waals surface area contributed by atoms with Gasteiger partial charge in [-0.15, -0.1) is 0 Å². The maximum absolute atomic E-state index is 13.7. The molecule has 27 heavy (non-hydrogen) atoms. The lowest BCUT2D eigenvalue weighted by Gasteiger charge is -2.36. The molecule has 1 heterocycles. The van der Waals surface area contributed by atoms with E-state index in [9.17, 15) is 14.0 Å². The highest BCUT2D eigenvalue weighted by Crippen LogP contribution is 2.30. The van der Waals surface area contributed by atoms with Crippen LogP contribution in [0.4, 0.5) is 4.39 Å². The van der Waals surface area contributed by atoms with Crippen molar-refractivity contribution >= 4 is 23.4 Å². The van der Waals surface area contributed by atoms with Crippen LogP contribution in [0.1, 0.15) is 38.2 Å². The molecule has 1 aliphatic heterocycles. The van der Waals surface area contributed by atoms with Gasteiger partial charge in [-0.2, -0.15) is 0 Å². The summed E-state index contributed by atoms with van der Waals surface area (Å²) in [4.78, 5) is 29.2. The Morgan fingerprint density at radius 3 is 2.85 bits per heavy atom. The van der Waals surface area contributed by atoms with Gasteiger partial charge in [0.15, 0.2) is 0 Å². The lowest BCUT2D eigenvalue weighted by atomic mass is 10.1. The second-order valence-corrected chi connectivity index (χ2v) is 7.92. The van der Waals surface area contributed by atoms with Crippen molar-refractivity contribution in [2.24, 2.45) is 5.92 Å². The van der Waals surface area contributed by atoms with Gasteiger partial charge in [0, 0.05) is 32.7 Å². The van der Waals surface area contributed by atoms with E-state index in [2.05, 4.69) is 12.2 Å². The molecule has 0 radical (unpaired) electrons. The third kappa shape index (κ3) is 5.42. The summed E-state index contributed by atoms with van der Waals surface area (Å²) >= 11 is 5.75. The van der Waals surface area contributed by atoms with Crippen molar-refractivity contribution in [3.63, 3.8) is 0 Å². The summed E-state index contributed by atoms with van der Waals surface area (Å²) in [7, 11) is 0. The predicted molar refractivity (Wildman–Crippen MR) is 103 cm³/mol. The quantitative estimate of drug-likeness (QED) is 0.736. The van der Waals surface area contributed by atoms with E-state index in [0.29, 0.717) is 25.6 Å². The van der Waals surface area contributed by atoms with E-state index in [1.54, 1.807) is 6.07 Å². The summed E-state index contributed by atoms with van der Waals surface area (Å²) in [5.41, 5.74) is 0.743. The molecule has 1 N–H and O–H groups in total. The molecule has 1 aliphatic carbocycles. The fraction of sp³-hybridized carbons (Fsp3) is 0.600. The minimum Gasteiger partial charge on any atom is -0.353 e. The fourth-order valence-corrected chi connectivity index (χ4v) is 3.66. The molecule has 5 nitrogen and oxygen atoms in total. The lowest BCUT2D eigenvalue weighted by Crippen LogP contribution is -2.56. The van der Waals surface area contributed by atoms with Gasteiger partial charge in [-0.1, -0.05) is 24.6 Å². The molecule has 3 rings (SSSR count). The topological polar surface area (TPSA) is 52.7 Å². The number of halogens is 2. The highest BCUT2D eigenvalue weighted by Gasteiger charge is 2.34. The predicted octanol–water partition coefficient (Wildman–Crippen LogP) is 2.82. The Labute approximate surface area is 164 Å². The second kappa shape index (κ2) is 9.02. The molecule has 2 amide bonds. The number of carbonyl (C=O) groups is 2. The van der Waals surface area contributed by atoms with Crippen LogP contribution in [0.3, 0.4) is 0 Å². The standard InChI is InChI=1S/C20H27ClFN3O2/c1-2-8-25(12-14-3-4-14)19(26)11-18-20(27)23-7-9-24(18)13-15-5-6-16(21)17(22)10-15/h5-6,10,14,18H,2-4,7-9,11-13H2,1H3,(H,23,27). The van der Waals surface area contributed by atoms with Gasteiger partial charge in [0.1, 0.15) is 5.82 Å². The molecule has 1 saturated heterocycles. The van der Waals surface area contributed by atoms with Crippen LogP contribution in [0.15, 0.2) is 18.2 Å². The normalized spacial score (nSPS) is 20.4. The maximum atomic E-state index is 13.7. The average Bonchev–Trinajstić information content (AvgIpc) is 3.45. The van der Waals surface area contributed by atoms with E-state index >= 15 is 0 Å². The number of carbonyl (C=O) groups excluding carboxylic acids is 2. The highest BCUT2D eigenvalue weighted by atomic mass is 35.5. The first-order chi connectivity index (χ1) is 13.0. The molecule has 1 atom stereocenters. The number of hydrogen-bond acceptors (Lipinski definition) is 3. The summed E-state index contributed by atoms with van der Waals surface area (Å²) in [5, 5.41) is 2.93. The van der Waals surface area contributed by atoms with Gasteiger partial charge in [-0.3, -0.25) is 14.5 Å². The van der Waals surface area contributed by atoms with Crippen molar-refractivity contribution < 1.29 is 14.0 Å². The average molecular weight is 396 g/mol. The highest BCUT2D eigenvalue weighted by molar-refractivity contribution is 6.30. The molecule has 7 heteroatoms. The van der Waals surface area contributed by atoms with Gasteiger partial charge < -0.3 is 10.2 Å². The second-order valence-electron chi connectivity index (χ2n) is 7.51. The first kappa shape index (κ1) is 20.1. The molecular weight excluding hydrogens is 369 g/mol. The van der Waals surface area contributed by atoms with Crippen LogP contribution < -0.4 is 5.32 Å². The van der Waals surface area contributed by atoms with Gasteiger partial charge >= 0.3 is 0 Å². The summed E-state index contributed by atoms with van der Waals surface area (Å²) in [6, 6.07) is 4.15. The molecule has 1 aromatic rings. The van der Waals surface area contributed by atoms with E-state index in [1.807, 2.05) is 9.80 Å². The summed E-state index contributed by atoms with van der Waals surface area (Å²) < 4.78 is 13.7. The molecule has 0 aromatic heterocycles. The Bertz CT molecular complexity index is 696. The van der Waals surface area contributed by atoms with E-state index < -0.39 is 11.9 Å². The number of nitrogens with one attached hydrogen (secondary N) is 1. The minimum absolute atomic E-state index is 0.0260. The van der Waals surface area contributed by atoms with Crippen molar-refractivity contribution in [3.05, 3.63) is 34.6 Å². The molecule has 2 aliphatic rings. The van der Waals surface area contributed by atoms with Crippen molar-refractivity contribution in [3.8, 4) is 0 Å². The first-order valence-corrected chi connectivity index (χ1v) is 10.1. The number of nitrogens with zero attached hydrogens (tertiary/aromatic N) is 2. The zero-order valence-corrected chi connectivity index (χ0v) is 16.5. The molecule has 1 saturated carbocycles. The van der Waals surface area contributed by atoms with Crippen molar-refractivity contribution in [2.45, 2.75) is 45.2 Å². The zero-order valence-electron chi connectivity index (χ0n) is 15.7. The Morgan fingerprint density at radius 1 is 1.41 bits per heavy atom. The van der Waals surface area contributed by atoms with Crippen molar-refractivity contribution in [2.75, 3.05) is 26.2 Å². The summed E-state index contributed by atoms with van der Waals surface area (Å²) in [6.07, 6.45) is 3.44. The molecule has 2 fully saturated rings. The van der Waals surface area contributed by atoms with Crippen LogP contribution in [-0.4, -0.2) is 53.8 Å². The number of rotatable bonds is 8. The number of piperazine rings is 1. The monoisotopic (exact) mass is 395 g/mol. The van der Waals surface area contributed by atoms with Gasteiger partial charge in [0.05, 0.1) is 17.5 Å². The van der Waals surface area contributed by atoms with Crippen LogP contribution in [0.5, 0.6) is 0 Å². The smallest absolute Gasteiger partial charge is 0.237 e. The summed E-state index contributed by atoms with van der Waals surface area (Å²) in [6.45, 7) is 5.15. The zero-order chi connectivity index (χ0) is 19.4. The lowest BCUT2D eigenvalue weighted by molar-refractivity contribution is -0.139.